The van der Waals surface area contributed by atoms with Gasteiger partial charge in [0.1, 0.15) is 5.75 Å². The van der Waals surface area contributed by atoms with Crippen molar-refractivity contribution in [3.05, 3.63) is 52.5 Å². The topological polar surface area (TPSA) is 91.2 Å². The molecule has 0 aliphatic carbocycles. The SMILES string of the molecule is COc1ccc(/C=N\NC(=O)Cc2ccc(O)cc2)c(Cl)c1O. The Hall–Kier alpha value is -2.73. The number of nitrogens with one attached hydrogen (secondary N) is 1. The van der Waals surface area contributed by atoms with Gasteiger partial charge in [0.15, 0.2) is 11.5 Å². The third kappa shape index (κ3) is 4.37. The molecule has 7 heteroatoms. The third-order valence-corrected chi connectivity index (χ3v) is 3.42. The monoisotopic (exact) mass is 334 g/mol. The van der Waals surface area contributed by atoms with Crippen LogP contribution in [0.15, 0.2) is 41.5 Å². The maximum Gasteiger partial charge on any atom is 0.244 e. The largest absolute Gasteiger partial charge is 0.508 e. The molecule has 0 bridgehead atoms. The van der Waals surface area contributed by atoms with E-state index in [0.717, 1.165) is 5.56 Å². The van der Waals surface area contributed by atoms with Crippen LogP contribution < -0.4 is 10.2 Å². The highest BCUT2D eigenvalue weighted by molar-refractivity contribution is 6.34. The van der Waals surface area contributed by atoms with E-state index in [4.69, 9.17) is 16.3 Å². The quantitative estimate of drug-likeness (QED) is 0.578. The number of amides is 1. The number of methoxy groups -OCH3 is 1. The van der Waals surface area contributed by atoms with Crippen LogP contribution in [0.25, 0.3) is 0 Å². The summed E-state index contributed by atoms with van der Waals surface area (Å²) in [5.41, 5.74) is 3.55. The summed E-state index contributed by atoms with van der Waals surface area (Å²) in [4.78, 5) is 11.8. The summed E-state index contributed by atoms with van der Waals surface area (Å²) < 4.78 is 4.93. The molecule has 2 aromatic carbocycles. The molecule has 0 unspecified atom stereocenters. The van der Waals surface area contributed by atoms with Crippen LogP contribution in [-0.4, -0.2) is 29.4 Å². The van der Waals surface area contributed by atoms with Crippen LogP contribution >= 0.6 is 11.6 Å². The van der Waals surface area contributed by atoms with E-state index in [2.05, 4.69) is 10.5 Å². The van der Waals surface area contributed by atoms with Gasteiger partial charge in [-0.05, 0) is 29.8 Å². The minimum Gasteiger partial charge on any atom is -0.508 e. The van der Waals surface area contributed by atoms with Gasteiger partial charge >= 0.3 is 0 Å². The molecule has 23 heavy (non-hydrogen) atoms. The lowest BCUT2D eigenvalue weighted by Gasteiger charge is -2.06. The minimum absolute atomic E-state index is 0.0842. The van der Waals surface area contributed by atoms with Crippen molar-refractivity contribution >= 4 is 23.7 Å². The summed E-state index contributed by atoms with van der Waals surface area (Å²) in [5, 5.41) is 22.8. The van der Waals surface area contributed by atoms with Gasteiger partial charge in [0, 0.05) is 5.56 Å². The smallest absolute Gasteiger partial charge is 0.244 e. The number of carbonyl (C=O) groups is 1. The number of aromatic hydroxyl groups is 2. The van der Waals surface area contributed by atoms with Crippen molar-refractivity contribution in [3.8, 4) is 17.2 Å². The zero-order valence-corrected chi connectivity index (χ0v) is 13.0. The Bertz CT molecular complexity index is 730. The van der Waals surface area contributed by atoms with Gasteiger partial charge in [0.05, 0.1) is 24.8 Å². The lowest BCUT2D eigenvalue weighted by Crippen LogP contribution is -2.19. The third-order valence-electron chi connectivity index (χ3n) is 3.02. The number of benzene rings is 2. The summed E-state index contributed by atoms with van der Waals surface area (Å²) in [6.07, 6.45) is 1.45. The first-order valence-corrected chi connectivity index (χ1v) is 7.04. The van der Waals surface area contributed by atoms with E-state index in [0.29, 0.717) is 5.56 Å². The average Bonchev–Trinajstić information content (AvgIpc) is 2.54. The molecule has 120 valence electrons. The fourth-order valence-corrected chi connectivity index (χ4v) is 2.04. The molecule has 2 rings (SSSR count). The number of hydrogen-bond acceptors (Lipinski definition) is 5. The van der Waals surface area contributed by atoms with Crippen LogP contribution in [0.3, 0.4) is 0 Å². The molecule has 0 saturated carbocycles. The van der Waals surface area contributed by atoms with Crippen LogP contribution in [0.1, 0.15) is 11.1 Å². The molecule has 6 nitrogen and oxygen atoms in total. The maximum atomic E-state index is 11.8. The molecule has 0 fully saturated rings. The zero-order chi connectivity index (χ0) is 16.8. The van der Waals surface area contributed by atoms with Gasteiger partial charge in [0.25, 0.3) is 0 Å². The second-order valence-corrected chi connectivity index (χ2v) is 5.03. The molecule has 0 atom stereocenters. The Labute approximate surface area is 138 Å². The summed E-state index contributed by atoms with van der Waals surface area (Å²) in [5.74, 6) is -0.112. The van der Waals surface area contributed by atoms with Crippen LogP contribution in [-0.2, 0) is 11.2 Å². The van der Waals surface area contributed by atoms with E-state index in [9.17, 15) is 15.0 Å². The van der Waals surface area contributed by atoms with E-state index < -0.39 is 0 Å². The second kappa shape index (κ2) is 7.51. The van der Waals surface area contributed by atoms with Crippen LogP contribution in [0.4, 0.5) is 0 Å². The summed E-state index contributed by atoms with van der Waals surface area (Å²) in [6, 6.07) is 9.46. The van der Waals surface area contributed by atoms with Gasteiger partial charge in [-0.25, -0.2) is 5.43 Å². The number of carbonyl (C=O) groups excluding carboxylic acids is 1. The molecule has 1 amide bonds. The number of phenols is 2. The maximum absolute atomic E-state index is 11.8. The van der Waals surface area contributed by atoms with Crippen LogP contribution in [0, 0.1) is 0 Å². The first kappa shape index (κ1) is 16.6. The highest BCUT2D eigenvalue weighted by Gasteiger charge is 2.10. The fraction of sp³-hybridized carbons (Fsp3) is 0.125. The van der Waals surface area contributed by atoms with E-state index >= 15 is 0 Å². The van der Waals surface area contributed by atoms with Crippen molar-refractivity contribution in [1.29, 1.82) is 0 Å². The lowest BCUT2D eigenvalue weighted by molar-refractivity contribution is -0.120. The van der Waals surface area contributed by atoms with E-state index in [-0.39, 0.29) is 34.6 Å². The molecule has 0 aromatic heterocycles. The van der Waals surface area contributed by atoms with Crippen molar-refractivity contribution < 1.29 is 19.7 Å². The molecule has 2 aromatic rings. The number of phenolic OH excluding ortho intramolecular Hbond substituents is 2. The van der Waals surface area contributed by atoms with Gasteiger partial charge in [-0.3, -0.25) is 4.79 Å². The van der Waals surface area contributed by atoms with Gasteiger partial charge in [-0.15, -0.1) is 0 Å². The Morgan fingerprint density at radius 2 is 1.96 bits per heavy atom. The number of hydrogen-bond donors (Lipinski definition) is 3. The van der Waals surface area contributed by atoms with Crippen molar-refractivity contribution in [2.45, 2.75) is 6.42 Å². The molecule has 0 aliphatic heterocycles. The van der Waals surface area contributed by atoms with Crippen molar-refractivity contribution in [2.75, 3.05) is 7.11 Å². The normalized spacial score (nSPS) is 10.7. The van der Waals surface area contributed by atoms with Crippen LogP contribution in [0.5, 0.6) is 17.2 Å². The van der Waals surface area contributed by atoms with Gasteiger partial charge < -0.3 is 14.9 Å². The van der Waals surface area contributed by atoms with E-state index in [1.807, 2.05) is 0 Å². The Morgan fingerprint density at radius 3 is 2.61 bits per heavy atom. The molecule has 0 spiro atoms. The van der Waals surface area contributed by atoms with Crippen molar-refractivity contribution in [1.82, 2.24) is 5.43 Å². The number of halogens is 1. The Balaban J connectivity index is 1.97. The highest BCUT2D eigenvalue weighted by Crippen LogP contribution is 2.35. The first-order valence-electron chi connectivity index (χ1n) is 6.66. The van der Waals surface area contributed by atoms with Gasteiger partial charge in [-0.2, -0.15) is 5.10 Å². The highest BCUT2D eigenvalue weighted by atomic mass is 35.5. The Morgan fingerprint density at radius 1 is 1.26 bits per heavy atom. The molecule has 0 heterocycles. The van der Waals surface area contributed by atoms with Crippen molar-refractivity contribution in [2.24, 2.45) is 5.10 Å². The summed E-state index contributed by atoms with van der Waals surface area (Å²) >= 11 is 5.98. The predicted octanol–water partition coefficient (Wildman–Crippen LogP) is 2.45. The number of nitrogens with zero attached hydrogens (tertiary/aromatic N) is 1. The van der Waals surface area contributed by atoms with Gasteiger partial charge in [-0.1, -0.05) is 23.7 Å². The lowest BCUT2D eigenvalue weighted by atomic mass is 10.1. The second-order valence-electron chi connectivity index (χ2n) is 4.66. The van der Waals surface area contributed by atoms with Crippen molar-refractivity contribution in [3.63, 3.8) is 0 Å². The first-order chi connectivity index (χ1) is 11.0. The number of rotatable bonds is 5. The molecular formula is C16H15ClN2O4. The zero-order valence-electron chi connectivity index (χ0n) is 12.3. The fourth-order valence-electron chi connectivity index (χ4n) is 1.84. The van der Waals surface area contributed by atoms with E-state index in [1.165, 1.54) is 25.5 Å². The van der Waals surface area contributed by atoms with E-state index in [1.54, 1.807) is 24.3 Å². The standard InChI is InChI=1S/C16H15ClN2O4/c1-23-13-7-4-11(15(17)16(13)22)9-18-19-14(21)8-10-2-5-12(20)6-3-10/h2-7,9,20,22H,8H2,1H3,(H,19,21)/b18-9-. The Kier molecular flexibility index (Phi) is 5.43. The predicted molar refractivity (Wildman–Crippen MR) is 87.2 cm³/mol. The summed E-state index contributed by atoms with van der Waals surface area (Å²) in [7, 11) is 1.42. The molecule has 3 N–H and O–H groups in total. The molecule has 0 aliphatic rings. The average molecular weight is 335 g/mol. The molecule has 0 saturated heterocycles. The number of hydrazone groups is 1. The molecule has 0 radical (unpaired) electrons. The number of ether oxygens (including phenoxy) is 1. The minimum atomic E-state index is -0.319. The van der Waals surface area contributed by atoms with Gasteiger partial charge in [0.2, 0.25) is 5.91 Å². The van der Waals surface area contributed by atoms with Crippen LogP contribution in [0.2, 0.25) is 5.02 Å². The summed E-state index contributed by atoms with van der Waals surface area (Å²) in [6.45, 7) is 0. The molecular weight excluding hydrogens is 320 g/mol.